The number of hydrogen-bond donors (Lipinski definition) is 0. The molecule has 55 heavy (non-hydrogen) atoms. The first-order valence-corrected chi connectivity index (χ1v) is 21.8. The van der Waals surface area contributed by atoms with Gasteiger partial charge in [0.15, 0.2) is 0 Å². The summed E-state index contributed by atoms with van der Waals surface area (Å²) in [6.45, 7) is 52.7. The Kier molecular flexibility index (Phi) is 34.3. The fourth-order valence-corrected chi connectivity index (χ4v) is 8.88. The van der Waals surface area contributed by atoms with Crippen LogP contribution in [0.15, 0.2) is 0 Å². The Hall–Kier alpha value is -0.240. The Bertz CT molecular complexity index is 687. The van der Waals surface area contributed by atoms with Crippen LogP contribution in [0.4, 0.5) is 0 Å². The maximum absolute atomic E-state index is 2.65. The van der Waals surface area contributed by atoms with Gasteiger partial charge in [0.05, 0.1) is 0 Å². The van der Waals surface area contributed by atoms with E-state index in [-0.39, 0.29) is 37.1 Å². The largest absolute Gasteiger partial charge is 0.301 e. The first-order valence-electron chi connectivity index (χ1n) is 21.8. The second kappa shape index (κ2) is 30.8. The minimum atomic E-state index is 0. The molecule has 5 rings (SSSR count). The lowest BCUT2D eigenvalue weighted by Gasteiger charge is -2.38. The standard InChI is InChI=1S/C12H24N2.2C11H23N.C10H22N2.5CH4/c1-9(2)13-5-11-7-14(10(3)4)8-12(11)6-13;3*1-9(2)11-5-7-12(8-6-11)10(3)4;;;;;/h9-12H,5-8H2,1-4H3;2*9-11H,5-8H2,1-4H3;9-10H,5-8H2,1-4H3;5*1H4. The minimum absolute atomic E-state index is 0. The van der Waals surface area contributed by atoms with E-state index < -0.39 is 0 Å². The van der Waals surface area contributed by atoms with E-state index in [1.165, 1.54) is 104 Å². The smallest absolute Gasteiger partial charge is 0.0113 e. The zero-order valence-electron chi connectivity index (χ0n) is 36.9. The summed E-state index contributed by atoms with van der Waals surface area (Å²) in [6.07, 6.45) is 5.65. The van der Waals surface area contributed by atoms with E-state index in [0.717, 1.165) is 71.8 Å². The number of rotatable bonds is 8. The summed E-state index contributed by atoms with van der Waals surface area (Å²) in [5, 5.41) is 0. The van der Waals surface area contributed by atoms with Gasteiger partial charge in [0.1, 0.15) is 0 Å². The fourth-order valence-electron chi connectivity index (χ4n) is 8.88. The van der Waals surface area contributed by atoms with Gasteiger partial charge in [0.2, 0.25) is 0 Å². The number of fused-ring (bicyclic) bond motifs is 1. The van der Waals surface area contributed by atoms with Crippen molar-refractivity contribution in [2.75, 3.05) is 78.5 Å². The predicted molar refractivity (Wildman–Crippen MR) is 256 cm³/mol. The van der Waals surface area contributed by atoms with Crippen molar-refractivity contribution >= 4 is 0 Å². The topological polar surface area (TPSA) is 19.4 Å². The van der Waals surface area contributed by atoms with E-state index in [1.807, 2.05) is 0 Å². The van der Waals surface area contributed by atoms with Crippen molar-refractivity contribution in [1.29, 1.82) is 0 Å². The Labute approximate surface area is 352 Å². The van der Waals surface area contributed by atoms with Gasteiger partial charge in [0, 0.05) is 88.6 Å². The third kappa shape index (κ3) is 21.5. The lowest BCUT2D eigenvalue weighted by molar-refractivity contribution is 0.0887. The highest BCUT2D eigenvalue weighted by Gasteiger charge is 2.41. The molecule has 5 aliphatic heterocycles. The third-order valence-corrected chi connectivity index (χ3v) is 13.3. The Morgan fingerprint density at radius 2 is 0.455 bits per heavy atom. The van der Waals surface area contributed by atoms with Gasteiger partial charge in [-0.2, -0.15) is 0 Å². The van der Waals surface area contributed by atoms with Gasteiger partial charge in [-0.25, -0.2) is 0 Å². The molecule has 0 aromatic carbocycles. The monoisotopic (exact) mass is 785 g/mol. The highest BCUT2D eigenvalue weighted by molar-refractivity contribution is 4.94. The third-order valence-electron chi connectivity index (χ3n) is 13.3. The molecule has 0 amide bonds. The lowest BCUT2D eigenvalue weighted by Crippen LogP contribution is -2.50. The van der Waals surface area contributed by atoms with Gasteiger partial charge >= 0.3 is 0 Å². The molecule has 338 valence electrons. The first kappa shape index (κ1) is 61.4. The van der Waals surface area contributed by atoms with Crippen molar-refractivity contribution in [3.05, 3.63) is 0 Å². The second-order valence-electron chi connectivity index (χ2n) is 19.3. The molecule has 0 aromatic rings. The van der Waals surface area contributed by atoms with Crippen LogP contribution < -0.4 is 0 Å². The van der Waals surface area contributed by atoms with Crippen LogP contribution in [0.3, 0.4) is 0 Å². The highest BCUT2D eigenvalue weighted by Crippen LogP contribution is 2.33. The molecule has 0 bridgehead atoms. The molecule has 0 radical (unpaired) electrons. The van der Waals surface area contributed by atoms with Crippen molar-refractivity contribution in [1.82, 2.24) is 29.4 Å². The molecule has 0 N–H and O–H groups in total. The van der Waals surface area contributed by atoms with Gasteiger partial charge in [-0.15, -0.1) is 0 Å². The normalized spacial score (nSPS) is 23.6. The fraction of sp³-hybridized carbons (Fsp3) is 1.00. The number of piperidine rings is 2. The van der Waals surface area contributed by atoms with Crippen LogP contribution in [-0.4, -0.2) is 144 Å². The summed E-state index contributed by atoms with van der Waals surface area (Å²) in [4.78, 5) is 15.6. The van der Waals surface area contributed by atoms with Gasteiger partial charge in [0.25, 0.3) is 0 Å². The van der Waals surface area contributed by atoms with Crippen LogP contribution in [-0.2, 0) is 0 Å². The van der Waals surface area contributed by atoms with Crippen molar-refractivity contribution < 1.29 is 0 Å². The highest BCUT2D eigenvalue weighted by atomic mass is 15.3. The SMILES string of the molecule is C.C.C.C.C.CC(C)C1CCN(C(C)C)CC1.CC(C)C1CCN(C(C)C)CC1.CC(C)N1CC2CN(C(C)C)CC2C1.CC(C)N1CCN(C(C)C)CC1. The molecule has 5 fully saturated rings. The van der Waals surface area contributed by atoms with Gasteiger partial charge in [-0.3, -0.25) is 9.80 Å². The van der Waals surface area contributed by atoms with Crippen molar-refractivity contribution in [2.24, 2.45) is 35.5 Å². The van der Waals surface area contributed by atoms with E-state index in [9.17, 15) is 0 Å². The lowest BCUT2D eigenvalue weighted by atomic mass is 9.86. The van der Waals surface area contributed by atoms with E-state index >= 15 is 0 Å². The summed E-state index contributed by atoms with van der Waals surface area (Å²) in [7, 11) is 0. The Morgan fingerprint density at radius 1 is 0.273 bits per heavy atom. The van der Waals surface area contributed by atoms with E-state index in [2.05, 4.69) is 140 Å². The number of piperazine rings is 1. The Balaban J connectivity index is -0.000000307. The molecule has 6 heteroatoms. The zero-order valence-corrected chi connectivity index (χ0v) is 36.9. The molecule has 6 nitrogen and oxygen atoms in total. The zero-order chi connectivity index (χ0) is 37.7. The molecule has 0 unspecified atom stereocenters. The predicted octanol–water partition coefficient (Wildman–Crippen LogP) is 11.8. The van der Waals surface area contributed by atoms with Crippen LogP contribution in [0.1, 0.15) is 174 Å². The minimum Gasteiger partial charge on any atom is -0.301 e. The summed E-state index contributed by atoms with van der Waals surface area (Å²) >= 11 is 0. The average molecular weight is 785 g/mol. The molecule has 0 atom stereocenters. The van der Waals surface area contributed by atoms with Crippen molar-refractivity contribution in [3.8, 4) is 0 Å². The maximum atomic E-state index is 2.65. The van der Waals surface area contributed by atoms with Crippen molar-refractivity contribution in [3.63, 3.8) is 0 Å². The number of likely N-dealkylation sites (tertiary alicyclic amines) is 4. The molecular weight excluding hydrogens is 673 g/mol. The summed E-state index contributed by atoms with van der Waals surface area (Å²) in [5.74, 6) is 5.67. The van der Waals surface area contributed by atoms with Gasteiger partial charge in [-0.05, 0) is 170 Å². The van der Waals surface area contributed by atoms with Gasteiger partial charge < -0.3 is 19.6 Å². The second-order valence-corrected chi connectivity index (χ2v) is 19.3. The quantitative estimate of drug-likeness (QED) is 0.242. The van der Waals surface area contributed by atoms with Gasteiger partial charge in [-0.1, -0.05) is 64.8 Å². The number of hydrogen-bond acceptors (Lipinski definition) is 6. The van der Waals surface area contributed by atoms with Crippen LogP contribution in [0.5, 0.6) is 0 Å². The molecule has 0 spiro atoms. The van der Waals surface area contributed by atoms with Crippen LogP contribution in [0.25, 0.3) is 0 Å². The molecule has 5 saturated heterocycles. The molecular formula is C49H112N6. The van der Waals surface area contributed by atoms with E-state index in [0.29, 0.717) is 0 Å². The summed E-state index contributed by atoms with van der Waals surface area (Å²) in [5.41, 5.74) is 0. The molecule has 5 aliphatic rings. The molecule has 0 aromatic heterocycles. The summed E-state index contributed by atoms with van der Waals surface area (Å²) < 4.78 is 0. The van der Waals surface area contributed by atoms with Crippen LogP contribution in [0, 0.1) is 35.5 Å². The summed E-state index contributed by atoms with van der Waals surface area (Å²) in [6, 6.07) is 4.43. The molecule has 0 aliphatic carbocycles. The average Bonchev–Trinajstić information content (AvgIpc) is 3.66. The first-order chi connectivity index (χ1) is 23.4. The molecule has 0 saturated carbocycles. The number of nitrogens with zero attached hydrogens (tertiary/aromatic N) is 6. The Morgan fingerprint density at radius 3 is 0.618 bits per heavy atom. The molecule has 5 heterocycles. The van der Waals surface area contributed by atoms with E-state index in [1.54, 1.807) is 0 Å². The van der Waals surface area contributed by atoms with Crippen molar-refractivity contribution in [2.45, 2.75) is 210 Å². The van der Waals surface area contributed by atoms with Crippen LogP contribution in [0.2, 0.25) is 0 Å². The van der Waals surface area contributed by atoms with Crippen LogP contribution >= 0.6 is 0 Å². The maximum Gasteiger partial charge on any atom is 0.0113 e. The van der Waals surface area contributed by atoms with E-state index in [4.69, 9.17) is 0 Å².